The molecule has 1 aromatic rings. The smallest absolute Gasteiger partial charge is 0.306 e. The predicted molar refractivity (Wildman–Crippen MR) is 256 cm³/mol. The fourth-order valence-corrected chi connectivity index (χ4v) is 7.98. The molecule has 1 rings (SSSR count). The van der Waals surface area contributed by atoms with Gasteiger partial charge in [-0.2, -0.15) is 4.98 Å². The molecule has 10 heteroatoms. The van der Waals surface area contributed by atoms with E-state index in [4.69, 9.17) is 20.9 Å². The van der Waals surface area contributed by atoms with Crippen molar-refractivity contribution in [3.63, 3.8) is 0 Å². The van der Waals surface area contributed by atoms with Crippen LogP contribution in [0.3, 0.4) is 0 Å². The van der Waals surface area contributed by atoms with E-state index in [1.54, 1.807) is 4.68 Å². The number of rotatable bonds is 44. The molecule has 0 spiro atoms. The van der Waals surface area contributed by atoms with Crippen molar-refractivity contribution in [3.8, 4) is 0 Å². The molecule has 0 saturated heterocycles. The van der Waals surface area contributed by atoms with Gasteiger partial charge in [-0.3, -0.25) is 9.59 Å². The van der Waals surface area contributed by atoms with Crippen molar-refractivity contribution in [3.05, 3.63) is 0 Å². The van der Waals surface area contributed by atoms with Gasteiger partial charge in [-0.1, -0.05) is 182 Å². The largest absolute Gasteiger partial charge is 0.465 e. The molecular weight excluding hydrogens is 749 g/mol. The number of esters is 1. The Bertz CT molecular complexity index is 1040. The molecule has 1 aromatic heterocycles. The molecule has 0 aliphatic carbocycles. The number of carbonyl (C=O) groups is 2. The van der Waals surface area contributed by atoms with Crippen molar-refractivity contribution < 1.29 is 19.1 Å². The zero-order chi connectivity index (χ0) is 44.2. The Morgan fingerprint density at radius 1 is 0.567 bits per heavy atom. The molecule has 1 heterocycles. The van der Waals surface area contributed by atoms with Crippen molar-refractivity contribution in [1.82, 2.24) is 19.7 Å². The SMILES string of the molecule is CCCCCCCCC(CC)OC=O.CCCCCCCCC(CCCCCCCC)OC(=O)CCCCCCCN(CCCCCCCC)CCCn1nc(N)nc1N. The van der Waals surface area contributed by atoms with Crippen LogP contribution in [0.5, 0.6) is 0 Å². The van der Waals surface area contributed by atoms with Crippen molar-refractivity contribution in [1.29, 1.82) is 0 Å². The summed E-state index contributed by atoms with van der Waals surface area (Å²) in [5.74, 6) is 0.674. The minimum atomic E-state index is 0.0295. The summed E-state index contributed by atoms with van der Waals surface area (Å²) in [5.41, 5.74) is 11.6. The molecule has 1 atom stereocenters. The van der Waals surface area contributed by atoms with Crippen LogP contribution >= 0.6 is 0 Å². The van der Waals surface area contributed by atoms with E-state index in [2.05, 4.69) is 49.6 Å². The second-order valence-corrected chi connectivity index (χ2v) is 17.6. The number of carbonyl (C=O) groups excluding carboxylic acids is 2. The number of hydrogen-bond donors (Lipinski definition) is 2. The minimum Gasteiger partial charge on any atom is -0.465 e. The van der Waals surface area contributed by atoms with Gasteiger partial charge in [0.05, 0.1) is 0 Å². The zero-order valence-electron chi connectivity index (χ0n) is 40.4. The standard InChI is InChI=1S/C38H76N6O2.C12H24O2/c1-4-7-10-13-17-22-28-35(29-23-18-14-11-8-5-2)46-36(45)30-24-19-16-21-26-32-43(31-25-20-15-12-9-6-3)33-27-34-44-38(40)41-37(39)42-44;1-3-5-6-7-8-9-10-12(4-2)14-11-13/h35H,4-34H2,1-3H3,(H4,39,40,41,42);11-12H,3-10H2,1-2H3. The minimum absolute atomic E-state index is 0.0295. The summed E-state index contributed by atoms with van der Waals surface area (Å²) in [4.78, 5) is 29.5. The van der Waals surface area contributed by atoms with Gasteiger partial charge in [0.2, 0.25) is 11.9 Å². The summed E-state index contributed by atoms with van der Waals surface area (Å²) < 4.78 is 12.7. The van der Waals surface area contributed by atoms with Gasteiger partial charge in [0.25, 0.3) is 6.47 Å². The Balaban J connectivity index is 0.00000211. The lowest BCUT2D eigenvalue weighted by Gasteiger charge is -2.22. The number of aromatic nitrogens is 3. The number of nitrogen functional groups attached to an aromatic ring is 2. The molecule has 0 aromatic carbocycles. The Labute approximate surface area is 371 Å². The van der Waals surface area contributed by atoms with Gasteiger partial charge < -0.3 is 25.8 Å². The van der Waals surface area contributed by atoms with E-state index in [0.29, 0.717) is 18.8 Å². The van der Waals surface area contributed by atoms with E-state index in [9.17, 15) is 9.59 Å². The molecule has 0 bridgehead atoms. The molecule has 60 heavy (non-hydrogen) atoms. The van der Waals surface area contributed by atoms with Crippen LogP contribution in [-0.4, -0.2) is 63.9 Å². The highest BCUT2D eigenvalue weighted by atomic mass is 16.5. The van der Waals surface area contributed by atoms with Gasteiger partial charge in [0.1, 0.15) is 12.2 Å². The molecule has 0 fully saturated rings. The van der Waals surface area contributed by atoms with Gasteiger partial charge >= 0.3 is 5.97 Å². The van der Waals surface area contributed by atoms with Gasteiger partial charge in [-0.25, -0.2) is 4.68 Å². The second kappa shape index (κ2) is 44.7. The Morgan fingerprint density at radius 2 is 0.967 bits per heavy atom. The number of unbranched alkanes of at least 4 members (excludes halogenated alkanes) is 24. The first-order valence-corrected chi connectivity index (χ1v) is 25.8. The van der Waals surface area contributed by atoms with Crippen molar-refractivity contribution in [2.75, 3.05) is 31.1 Å². The maximum atomic E-state index is 12.7. The van der Waals surface area contributed by atoms with Crippen molar-refractivity contribution in [2.24, 2.45) is 0 Å². The lowest BCUT2D eigenvalue weighted by atomic mass is 10.0. The van der Waals surface area contributed by atoms with E-state index in [1.807, 2.05) is 0 Å². The maximum absolute atomic E-state index is 12.7. The molecule has 0 aliphatic heterocycles. The lowest BCUT2D eigenvalue weighted by Crippen LogP contribution is -2.28. The number of anilines is 2. The summed E-state index contributed by atoms with van der Waals surface area (Å²) in [7, 11) is 0. The molecule has 0 radical (unpaired) electrons. The number of ether oxygens (including phenoxy) is 2. The Morgan fingerprint density at radius 3 is 1.38 bits per heavy atom. The molecule has 0 saturated carbocycles. The number of hydrogen-bond acceptors (Lipinski definition) is 9. The highest BCUT2D eigenvalue weighted by Gasteiger charge is 2.15. The fraction of sp³-hybridized carbons (Fsp3) is 0.920. The van der Waals surface area contributed by atoms with E-state index < -0.39 is 0 Å². The van der Waals surface area contributed by atoms with Crippen LogP contribution in [0.15, 0.2) is 0 Å². The third-order valence-corrected chi connectivity index (χ3v) is 11.9. The third kappa shape index (κ3) is 37.4. The summed E-state index contributed by atoms with van der Waals surface area (Å²) in [6, 6.07) is 0. The molecule has 0 aliphatic rings. The predicted octanol–water partition coefficient (Wildman–Crippen LogP) is 13.9. The topological polar surface area (TPSA) is 139 Å². The van der Waals surface area contributed by atoms with E-state index in [1.165, 1.54) is 173 Å². The van der Waals surface area contributed by atoms with Gasteiger partial charge in [-0.15, -0.1) is 5.10 Å². The second-order valence-electron chi connectivity index (χ2n) is 17.6. The molecule has 0 amide bonds. The molecule has 4 N–H and O–H groups in total. The number of aryl methyl sites for hydroxylation is 1. The van der Waals surface area contributed by atoms with Crippen LogP contribution in [0.1, 0.15) is 259 Å². The quantitative estimate of drug-likeness (QED) is 0.0373. The van der Waals surface area contributed by atoms with Crippen LogP contribution in [0.4, 0.5) is 11.9 Å². The number of nitrogens with zero attached hydrogens (tertiary/aromatic N) is 4. The lowest BCUT2D eigenvalue weighted by molar-refractivity contribution is -0.150. The normalized spacial score (nSPS) is 11.8. The van der Waals surface area contributed by atoms with Crippen molar-refractivity contribution >= 4 is 24.3 Å². The Hall–Kier alpha value is -2.36. The third-order valence-electron chi connectivity index (χ3n) is 11.9. The Kier molecular flexibility index (Phi) is 42.9. The summed E-state index contributed by atoms with van der Waals surface area (Å²) >= 11 is 0. The van der Waals surface area contributed by atoms with Crippen LogP contribution in [-0.2, 0) is 25.6 Å². The van der Waals surface area contributed by atoms with Gasteiger partial charge in [0, 0.05) is 13.0 Å². The molecule has 354 valence electrons. The van der Waals surface area contributed by atoms with Crippen LogP contribution in [0.25, 0.3) is 0 Å². The van der Waals surface area contributed by atoms with Gasteiger partial charge in [0.15, 0.2) is 0 Å². The van der Waals surface area contributed by atoms with E-state index in [0.717, 1.165) is 71.1 Å². The summed E-state index contributed by atoms with van der Waals surface area (Å²) in [5, 5.41) is 4.20. The van der Waals surface area contributed by atoms with Crippen LogP contribution < -0.4 is 11.5 Å². The average molecular weight is 849 g/mol. The van der Waals surface area contributed by atoms with E-state index in [-0.39, 0.29) is 24.1 Å². The number of nitrogens with two attached hydrogens (primary N) is 2. The monoisotopic (exact) mass is 849 g/mol. The maximum Gasteiger partial charge on any atom is 0.306 e. The van der Waals surface area contributed by atoms with Crippen LogP contribution in [0.2, 0.25) is 0 Å². The first kappa shape index (κ1) is 57.6. The van der Waals surface area contributed by atoms with Crippen molar-refractivity contribution in [2.45, 2.75) is 278 Å². The summed E-state index contributed by atoms with van der Waals surface area (Å²) in [6.45, 7) is 15.7. The van der Waals surface area contributed by atoms with E-state index >= 15 is 0 Å². The zero-order valence-corrected chi connectivity index (χ0v) is 40.4. The first-order valence-electron chi connectivity index (χ1n) is 25.8. The average Bonchev–Trinajstić information content (AvgIpc) is 3.57. The molecule has 10 nitrogen and oxygen atoms in total. The molecular formula is C50H100N6O4. The summed E-state index contributed by atoms with van der Waals surface area (Å²) in [6.07, 6.45) is 42.8. The van der Waals surface area contributed by atoms with Gasteiger partial charge in [-0.05, 0) is 90.3 Å². The molecule has 1 unspecified atom stereocenters. The highest BCUT2D eigenvalue weighted by Crippen LogP contribution is 2.19. The highest BCUT2D eigenvalue weighted by molar-refractivity contribution is 5.69. The fourth-order valence-electron chi connectivity index (χ4n) is 7.98. The first-order chi connectivity index (χ1) is 29.3. The van der Waals surface area contributed by atoms with Crippen LogP contribution in [0, 0.1) is 0 Å².